The summed E-state index contributed by atoms with van der Waals surface area (Å²) in [6, 6.07) is 7.58. The van der Waals surface area contributed by atoms with E-state index in [1.165, 1.54) is 5.56 Å². The Bertz CT molecular complexity index is 843. The summed E-state index contributed by atoms with van der Waals surface area (Å²) in [6.07, 6.45) is 0.791. The topological polar surface area (TPSA) is 52.2 Å². The summed E-state index contributed by atoms with van der Waals surface area (Å²) in [7, 11) is 5.37. The quantitative estimate of drug-likeness (QED) is 0.878. The zero-order valence-corrected chi connectivity index (χ0v) is 15.7. The Morgan fingerprint density at radius 1 is 1.19 bits per heavy atom. The first-order valence-electron chi connectivity index (χ1n) is 8.42. The molecule has 2 aliphatic heterocycles. The number of hydrogen-bond donors (Lipinski definition) is 1. The fraction of sp³-hybridized carbons (Fsp3) is 0.368. The first-order valence-corrected chi connectivity index (χ1v) is 8.80. The number of anilines is 1. The van der Waals surface area contributed by atoms with Gasteiger partial charge in [0.25, 0.3) is 0 Å². The summed E-state index contributed by atoms with van der Waals surface area (Å²) in [5.41, 5.74) is 3.06. The smallest absolute Gasteiger partial charge is 0.231 e. The summed E-state index contributed by atoms with van der Waals surface area (Å²) < 4.78 is 22.4. The molecule has 26 heavy (non-hydrogen) atoms. The van der Waals surface area contributed by atoms with Crippen LogP contribution in [-0.2, 0) is 6.42 Å². The maximum absolute atomic E-state index is 6.19. The van der Waals surface area contributed by atoms with Gasteiger partial charge in [-0.3, -0.25) is 4.90 Å². The number of ether oxygens (including phenoxy) is 4. The molecule has 0 aromatic heterocycles. The third-order valence-electron chi connectivity index (χ3n) is 4.85. The second-order valence-electron chi connectivity index (χ2n) is 6.34. The molecule has 4 rings (SSSR count). The predicted octanol–water partition coefficient (Wildman–Crippen LogP) is 3.68. The molecule has 0 aliphatic carbocycles. The van der Waals surface area contributed by atoms with Gasteiger partial charge in [-0.25, -0.2) is 0 Å². The molecule has 0 saturated carbocycles. The average Bonchev–Trinajstić information content (AvgIpc) is 3.10. The predicted molar refractivity (Wildman–Crippen MR) is 99.8 cm³/mol. The zero-order chi connectivity index (χ0) is 18.3. The lowest BCUT2D eigenvalue weighted by atomic mass is 9.94. The van der Waals surface area contributed by atoms with Crippen molar-refractivity contribution in [2.24, 2.45) is 0 Å². The molecule has 0 spiro atoms. The van der Waals surface area contributed by atoms with Gasteiger partial charge in [-0.15, -0.1) is 0 Å². The summed E-state index contributed by atoms with van der Waals surface area (Å²) >= 11 is 6.19. The SMILES string of the molecule is COc1ccc(Cl)cc1N[C@@H]1c2c(cc3c(c2OC)OCO3)CCN1C. The highest BCUT2D eigenvalue weighted by Crippen LogP contribution is 2.49. The molecule has 0 radical (unpaired) electrons. The molecule has 0 bridgehead atoms. The molecule has 2 aromatic carbocycles. The third-order valence-corrected chi connectivity index (χ3v) is 5.08. The summed E-state index contributed by atoms with van der Waals surface area (Å²) in [4.78, 5) is 2.23. The van der Waals surface area contributed by atoms with E-state index < -0.39 is 0 Å². The van der Waals surface area contributed by atoms with Gasteiger partial charge in [0.2, 0.25) is 12.5 Å². The fourth-order valence-electron chi connectivity index (χ4n) is 3.56. The van der Waals surface area contributed by atoms with Crippen LogP contribution in [0.1, 0.15) is 17.3 Å². The van der Waals surface area contributed by atoms with Gasteiger partial charge >= 0.3 is 0 Å². The lowest BCUT2D eigenvalue weighted by molar-refractivity contribution is 0.170. The molecule has 138 valence electrons. The second-order valence-corrected chi connectivity index (χ2v) is 6.77. The van der Waals surface area contributed by atoms with Crippen molar-refractivity contribution >= 4 is 17.3 Å². The van der Waals surface area contributed by atoms with Gasteiger partial charge in [0.15, 0.2) is 11.5 Å². The number of likely N-dealkylation sites (N-methyl/N-ethyl adjacent to an activating group) is 1. The number of halogens is 1. The lowest BCUT2D eigenvalue weighted by Crippen LogP contribution is -2.37. The van der Waals surface area contributed by atoms with E-state index in [2.05, 4.69) is 23.3 Å². The molecule has 7 heteroatoms. The molecular formula is C19H21ClN2O4. The maximum atomic E-state index is 6.19. The van der Waals surface area contributed by atoms with Crippen LogP contribution in [0, 0.1) is 0 Å². The van der Waals surface area contributed by atoms with E-state index in [0.29, 0.717) is 16.5 Å². The van der Waals surface area contributed by atoms with E-state index in [1.54, 1.807) is 14.2 Å². The summed E-state index contributed by atoms with van der Waals surface area (Å²) in [5, 5.41) is 4.20. The van der Waals surface area contributed by atoms with Crippen molar-refractivity contribution in [2.75, 3.05) is 39.9 Å². The number of methoxy groups -OCH3 is 2. The Labute approximate surface area is 157 Å². The van der Waals surface area contributed by atoms with Crippen LogP contribution in [0.3, 0.4) is 0 Å². The highest BCUT2D eigenvalue weighted by Gasteiger charge is 2.34. The van der Waals surface area contributed by atoms with Crippen LogP contribution in [0.5, 0.6) is 23.0 Å². The van der Waals surface area contributed by atoms with E-state index in [0.717, 1.165) is 35.7 Å². The second kappa shape index (κ2) is 6.78. The summed E-state index contributed by atoms with van der Waals surface area (Å²) in [6.45, 7) is 1.11. The van der Waals surface area contributed by atoms with Crippen LogP contribution in [0.25, 0.3) is 0 Å². The van der Waals surface area contributed by atoms with Gasteiger partial charge in [0.1, 0.15) is 11.9 Å². The van der Waals surface area contributed by atoms with E-state index in [1.807, 2.05) is 18.2 Å². The number of rotatable bonds is 4. The van der Waals surface area contributed by atoms with Gasteiger partial charge in [-0.2, -0.15) is 0 Å². The number of hydrogen-bond acceptors (Lipinski definition) is 6. The van der Waals surface area contributed by atoms with Crippen LogP contribution in [0.4, 0.5) is 5.69 Å². The minimum atomic E-state index is -0.115. The number of nitrogens with one attached hydrogen (secondary N) is 1. The van der Waals surface area contributed by atoms with Crippen LogP contribution >= 0.6 is 11.6 Å². The molecule has 6 nitrogen and oxygen atoms in total. The Kier molecular flexibility index (Phi) is 4.46. The van der Waals surface area contributed by atoms with Crippen molar-refractivity contribution < 1.29 is 18.9 Å². The standard InChI is InChI=1S/C19H21ClN2O4/c1-22-7-6-11-8-15-17(26-10-25-15)18(24-3)16(11)19(22)21-13-9-12(20)4-5-14(13)23-2/h4-5,8-9,19,21H,6-7,10H2,1-3H3/t19-/m0/s1. The minimum absolute atomic E-state index is 0.115. The van der Waals surface area contributed by atoms with Crippen molar-refractivity contribution in [2.45, 2.75) is 12.6 Å². The fourth-order valence-corrected chi connectivity index (χ4v) is 3.73. The Morgan fingerprint density at radius 3 is 2.81 bits per heavy atom. The third kappa shape index (κ3) is 2.79. The molecule has 0 fully saturated rings. The van der Waals surface area contributed by atoms with E-state index in [-0.39, 0.29) is 13.0 Å². The molecule has 0 amide bonds. The molecule has 1 N–H and O–H groups in total. The molecular weight excluding hydrogens is 356 g/mol. The van der Waals surface area contributed by atoms with Gasteiger partial charge in [0.05, 0.1) is 19.9 Å². The Hall–Kier alpha value is -2.31. The molecule has 2 aliphatic rings. The highest BCUT2D eigenvalue weighted by atomic mass is 35.5. The zero-order valence-electron chi connectivity index (χ0n) is 15.0. The molecule has 1 atom stereocenters. The normalized spacial score (nSPS) is 18.4. The monoisotopic (exact) mass is 376 g/mol. The van der Waals surface area contributed by atoms with Gasteiger partial charge in [0, 0.05) is 17.1 Å². The minimum Gasteiger partial charge on any atom is -0.495 e. The van der Waals surface area contributed by atoms with E-state index >= 15 is 0 Å². The Morgan fingerprint density at radius 2 is 2.04 bits per heavy atom. The van der Waals surface area contributed by atoms with Gasteiger partial charge in [-0.1, -0.05) is 11.6 Å². The van der Waals surface area contributed by atoms with Gasteiger partial charge in [-0.05, 0) is 43.3 Å². The van der Waals surface area contributed by atoms with Crippen LogP contribution < -0.4 is 24.3 Å². The highest BCUT2D eigenvalue weighted by molar-refractivity contribution is 6.30. The molecule has 2 heterocycles. The van der Waals surface area contributed by atoms with Gasteiger partial charge < -0.3 is 24.3 Å². The first-order chi connectivity index (χ1) is 12.6. The number of fused-ring (bicyclic) bond motifs is 2. The van der Waals surface area contributed by atoms with Crippen LogP contribution in [0.15, 0.2) is 24.3 Å². The van der Waals surface area contributed by atoms with Crippen molar-refractivity contribution in [1.82, 2.24) is 4.90 Å². The number of nitrogens with zero attached hydrogens (tertiary/aromatic N) is 1. The van der Waals surface area contributed by atoms with Crippen molar-refractivity contribution in [1.29, 1.82) is 0 Å². The summed E-state index contributed by atoms with van der Waals surface area (Å²) in [5.74, 6) is 2.84. The van der Waals surface area contributed by atoms with Crippen LogP contribution in [-0.4, -0.2) is 39.5 Å². The average molecular weight is 377 g/mol. The lowest BCUT2D eigenvalue weighted by Gasteiger charge is -2.37. The van der Waals surface area contributed by atoms with Crippen molar-refractivity contribution in [3.63, 3.8) is 0 Å². The maximum Gasteiger partial charge on any atom is 0.231 e. The molecule has 0 saturated heterocycles. The van der Waals surface area contributed by atoms with Crippen molar-refractivity contribution in [3.05, 3.63) is 40.4 Å². The first kappa shape index (κ1) is 17.1. The Balaban J connectivity index is 1.81. The molecule has 2 aromatic rings. The number of benzene rings is 2. The largest absolute Gasteiger partial charge is 0.495 e. The van der Waals surface area contributed by atoms with Crippen LogP contribution in [0.2, 0.25) is 5.02 Å². The molecule has 0 unspecified atom stereocenters. The van der Waals surface area contributed by atoms with Crippen molar-refractivity contribution in [3.8, 4) is 23.0 Å². The van der Waals surface area contributed by atoms with E-state index in [4.69, 9.17) is 30.5 Å². The van der Waals surface area contributed by atoms with E-state index in [9.17, 15) is 0 Å².